The first-order chi connectivity index (χ1) is 6.16. The first-order valence-corrected chi connectivity index (χ1v) is 4.52. The van der Waals surface area contributed by atoms with Gasteiger partial charge in [0, 0.05) is 23.0 Å². The van der Waals surface area contributed by atoms with Crippen LogP contribution >= 0.6 is 15.9 Å². The first kappa shape index (κ1) is 10.1. The van der Waals surface area contributed by atoms with Gasteiger partial charge in [0.05, 0.1) is 12.8 Å². The number of amides is 1. The molecule has 0 spiro atoms. The third-order valence-electron chi connectivity index (χ3n) is 1.71. The molecule has 1 rings (SSSR count). The van der Waals surface area contributed by atoms with Crippen molar-refractivity contribution in [2.75, 3.05) is 19.1 Å². The Morgan fingerprint density at radius 2 is 2.08 bits per heavy atom. The second-order valence-electron chi connectivity index (χ2n) is 2.48. The summed E-state index contributed by atoms with van der Waals surface area (Å²) in [5.74, 6) is 0.679. The topological polar surface area (TPSA) is 29.5 Å². The highest BCUT2D eigenvalue weighted by molar-refractivity contribution is 9.18. The molecule has 0 aliphatic heterocycles. The highest BCUT2D eigenvalue weighted by Crippen LogP contribution is 2.27. The molecular weight excluding hydrogens is 234 g/mol. The van der Waals surface area contributed by atoms with Crippen molar-refractivity contribution in [1.29, 1.82) is 0 Å². The van der Waals surface area contributed by atoms with E-state index in [-0.39, 0.29) is 4.82 Å². The monoisotopic (exact) mass is 243 g/mol. The minimum Gasteiger partial charge on any atom is -0.495 e. The number of carbonyl (C=O) groups excluding carboxylic acids is 1. The molecule has 0 N–H and O–H groups in total. The summed E-state index contributed by atoms with van der Waals surface area (Å²) in [6.07, 6.45) is 0. The third-order valence-corrected chi connectivity index (χ3v) is 2.24. The van der Waals surface area contributed by atoms with E-state index in [0.717, 1.165) is 5.69 Å². The van der Waals surface area contributed by atoms with Crippen LogP contribution in [0.5, 0.6) is 5.75 Å². The molecule has 1 aromatic rings. The van der Waals surface area contributed by atoms with Crippen LogP contribution in [0.15, 0.2) is 24.3 Å². The summed E-state index contributed by atoms with van der Waals surface area (Å²) in [7, 11) is 3.25. The van der Waals surface area contributed by atoms with Crippen LogP contribution in [0, 0.1) is 0 Å². The molecule has 3 nitrogen and oxygen atoms in total. The second kappa shape index (κ2) is 4.28. The Bertz CT molecular complexity index is 314. The summed E-state index contributed by atoms with van der Waals surface area (Å²) in [5, 5.41) is 0. The van der Waals surface area contributed by atoms with Crippen LogP contribution in [0.25, 0.3) is 0 Å². The number of anilines is 1. The van der Waals surface area contributed by atoms with Crippen molar-refractivity contribution < 1.29 is 9.53 Å². The van der Waals surface area contributed by atoms with E-state index in [9.17, 15) is 4.79 Å². The summed E-state index contributed by atoms with van der Waals surface area (Å²) in [5.41, 5.74) is 0.742. The van der Waals surface area contributed by atoms with Crippen molar-refractivity contribution in [2.45, 2.75) is 0 Å². The van der Waals surface area contributed by atoms with Crippen LogP contribution in [-0.2, 0) is 0 Å². The Kier molecular flexibility index (Phi) is 3.31. The molecule has 0 saturated heterocycles. The van der Waals surface area contributed by atoms with Gasteiger partial charge >= 0.3 is 0 Å². The van der Waals surface area contributed by atoms with E-state index in [1.165, 1.54) is 4.90 Å². The summed E-state index contributed by atoms with van der Waals surface area (Å²) in [4.78, 5) is 12.3. The molecule has 13 heavy (non-hydrogen) atoms. The number of halogens is 1. The maximum atomic E-state index is 11.0. The lowest BCUT2D eigenvalue weighted by atomic mass is 10.3. The minimum atomic E-state index is -0.197. The van der Waals surface area contributed by atoms with E-state index >= 15 is 0 Å². The molecule has 0 saturated carbocycles. The zero-order valence-corrected chi connectivity index (χ0v) is 9.04. The van der Waals surface area contributed by atoms with Crippen LogP contribution in [0.3, 0.4) is 0 Å². The zero-order valence-electron chi connectivity index (χ0n) is 7.45. The van der Waals surface area contributed by atoms with Gasteiger partial charge in [0.2, 0.25) is 0 Å². The SMILES string of the molecule is COc1ccccc1N(C)C(=O)Br. The molecule has 1 amide bonds. The van der Waals surface area contributed by atoms with E-state index in [4.69, 9.17) is 4.74 Å². The molecule has 0 heterocycles. The lowest BCUT2D eigenvalue weighted by Gasteiger charge is -2.16. The van der Waals surface area contributed by atoms with Gasteiger partial charge in [0.1, 0.15) is 5.75 Å². The van der Waals surface area contributed by atoms with Crippen molar-refractivity contribution in [3.8, 4) is 5.75 Å². The average Bonchev–Trinajstić information content (AvgIpc) is 2.16. The fraction of sp³-hybridized carbons (Fsp3) is 0.222. The van der Waals surface area contributed by atoms with Crippen molar-refractivity contribution in [2.24, 2.45) is 0 Å². The molecule has 0 aliphatic carbocycles. The lowest BCUT2D eigenvalue weighted by Crippen LogP contribution is -2.19. The Hall–Kier alpha value is -1.03. The number of para-hydroxylation sites is 2. The van der Waals surface area contributed by atoms with E-state index in [1.54, 1.807) is 14.2 Å². The summed E-state index contributed by atoms with van der Waals surface area (Å²) >= 11 is 2.87. The van der Waals surface area contributed by atoms with Crippen molar-refractivity contribution in [3.05, 3.63) is 24.3 Å². The summed E-state index contributed by atoms with van der Waals surface area (Å²) in [6, 6.07) is 7.33. The third kappa shape index (κ3) is 2.21. The van der Waals surface area contributed by atoms with Gasteiger partial charge in [0.25, 0.3) is 4.82 Å². The summed E-state index contributed by atoms with van der Waals surface area (Å²) < 4.78 is 5.10. The van der Waals surface area contributed by atoms with Gasteiger partial charge in [-0.15, -0.1) is 0 Å². The number of hydrogen-bond acceptors (Lipinski definition) is 2. The van der Waals surface area contributed by atoms with Crippen LogP contribution in [0.1, 0.15) is 0 Å². The van der Waals surface area contributed by atoms with E-state index in [1.807, 2.05) is 24.3 Å². The van der Waals surface area contributed by atoms with E-state index in [0.29, 0.717) is 5.75 Å². The fourth-order valence-electron chi connectivity index (χ4n) is 1.00. The number of ether oxygens (including phenoxy) is 1. The molecule has 4 heteroatoms. The molecular formula is C9H10BrNO2. The van der Waals surface area contributed by atoms with Gasteiger partial charge in [-0.3, -0.25) is 4.79 Å². The van der Waals surface area contributed by atoms with Gasteiger partial charge in [-0.25, -0.2) is 0 Å². The van der Waals surface area contributed by atoms with Crippen LogP contribution < -0.4 is 9.64 Å². The Labute approximate surface area is 85.4 Å². The molecule has 0 radical (unpaired) electrons. The van der Waals surface area contributed by atoms with Crippen LogP contribution in [0.2, 0.25) is 0 Å². The molecule has 0 atom stereocenters. The maximum Gasteiger partial charge on any atom is 0.293 e. The second-order valence-corrected chi connectivity index (χ2v) is 3.16. The van der Waals surface area contributed by atoms with Gasteiger partial charge < -0.3 is 9.64 Å². The molecule has 0 unspecified atom stereocenters. The molecule has 70 valence electrons. The Morgan fingerprint density at radius 3 is 2.62 bits per heavy atom. The molecule has 1 aromatic carbocycles. The van der Waals surface area contributed by atoms with Gasteiger partial charge in [-0.05, 0) is 12.1 Å². The average molecular weight is 244 g/mol. The van der Waals surface area contributed by atoms with Gasteiger partial charge in [-0.1, -0.05) is 12.1 Å². The van der Waals surface area contributed by atoms with E-state index < -0.39 is 0 Å². The molecule has 0 aromatic heterocycles. The highest BCUT2D eigenvalue weighted by Gasteiger charge is 2.10. The number of hydrogen-bond donors (Lipinski definition) is 0. The molecule has 0 aliphatic rings. The maximum absolute atomic E-state index is 11.0. The standard InChI is InChI=1S/C9H10BrNO2/c1-11(9(10)12)7-5-3-4-6-8(7)13-2/h3-6H,1-2H3. The predicted molar refractivity (Wildman–Crippen MR) is 55.7 cm³/mol. The van der Waals surface area contributed by atoms with Crippen LogP contribution in [-0.4, -0.2) is 19.0 Å². The number of rotatable bonds is 2. The normalized spacial score (nSPS) is 9.46. The van der Waals surface area contributed by atoms with Gasteiger partial charge in [-0.2, -0.15) is 0 Å². The largest absolute Gasteiger partial charge is 0.495 e. The number of nitrogens with zero attached hydrogens (tertiary/aromatic N) is 1. The van der Waals surface area contributed by atoms with Crippen molar-refractivity contribution in [3.63, 3.8) is 0 Å². The zero-order chi connectivity index (χ0) is 9.84. The Balaban J connectivity index is 3.05. The quantitative estimate of drug-likeness (QED) is 0.591. The fourth-order valence-corrected chi connectivity index (χ4v) is 1.19. The number of methoxy groups -OCH3 is 1. The summed E-state index contributed by atoms with van der Waals surface area (Å²) in [6.45, 7) is 0. The predicted octanol–water partition coefficient (Wildman–Crippen LogP) is 2.65. The molecule has 0 bridgehead atoms. The smallest absolute Gasteiger partial charge is 0.293 e. The Morgan fingerprint density at radius 1 is 1.46 bits per heavy atom. The lowest BCUT2D eigenvalue weighted by molar-refractivity contribution is 0.266. The van der Waals surface area contributed by atoms with Crippen LogP contribution in [0.4, 0.5) is 10.5 Å². The highest BCUT2D eigenvalue weighted by atomic mass is 79.9. The van der Waals surface area contributed by atoms with Crippen molar-refractivity contribution in [1.82, 2.24) is 0 Å². The van der Waals surface area contributed by atoms with Gasteiger partial charge in [0.15, 0.2) is 0 Å². The number of benzene rings is 1. The van der Waals surface area contributed by atoms with E-state index in [2.05, 4.69) is 15.9 Å². The first-order valence-electron chi connectivity index (χ1n) is 3.73. The molecule has 0 fully saturated rings. The number of carbonyl (C=O) groups is 1. The minimum absolute atomic E-state index is 0.197. The van der Waals surface area contributed by atoms with Crippen molar-refractivity contribution >= 4 is 26.4 Å².